The van der Waals surface area contributed by atoms with Crippen molar-refractivity contribution in [3.63, 3.8) is 0 Å². The molecule has 0 amide bonds. The second kappa shape index (κ2) is 4.87. The van der Waals surface area contributed by atoms with Gasteiger partial charge in [0.1, 0.15) is 23.3 Å². The van der Waals surface area contributed by atoms with Gasteiger partial charge in [-0.15, -0.1) is 0 Å². The molecule has 6 heteroatoms. The van der Waals surface area contributed by atoms with E-state index >= 15 is 0 Å². The molecule has 0 saturated heterocycles. The molecule has 0 radical (unpaired) electrons. The molecule has 5 nitrogen and oxygen atoms in total. The third kappa shape index (κ3) is 2.02. The predicted octanol–water partition coefficient (Wildman–Crippen LogP) is 4.00. The summed E-state index contributed by atoms with van der Waals surface area (Å²) in [4.78, 5) is 15.7. The maximum Gasteiger partial charge on any atom is 0.151 e. The van der Waals surface area contributed by atoms with Gasteiger partial charge in [-0.2, -0.15) is 0 Å². The Balaban J connectivity index is 2.03. The molecule has 0 fully saturated rings. The fourth-order valence-corrected chi connectivity index (χ4v) is 3.18. The third-order valence-corrected chi connectivity index (χ3v) is 4.11. The monoisotopic (exact) mass is 309 g/mol. The fourth-order valence-electron chi connectivity index (χ4n) is 3.18. The van der Waals surface area contributed by atoms with Gasteiger partial charge in [0.15, 0.2) is 5.82 Å². The van der Waals surface area contributed by atoms with Crippen molar-refractivity contribution >= 4 is 22.1 Å². The van der Waals surface area contributed by atoms with Crippen LogP contribution in [0, 0.1) is 12.7 Å². The minimum atomic E-state index is -0.314. The quantitative estimate of drug-likeness (QED) is 0.609. The van der Waals surface area contributed by atoms with E-state index in [0.29, 0.717) is 5.52 Å². The van der Waals surface area contributed by atoms with Crippen LogP contribution in [0.2, 0.25) is 0 Å². The second-order valence-electron chi connectivity index (χ2n) is 5.94. The van der Waals surface area contributed by atoms with Crippen molar-refractivity contribution in [1.82, 2.24) is 24.5 Å². The lowest BCUT2D eigenvalue weighted by molar-refractivity contribution is 0.600. The normalized spacial score (nSPS) is 11.9. The first-order valence-electron chi connectivity index (χ1n) is 7.52. The highest BCUT2D eigenvalue weighted by Gasteiger charge is 2.17. The summed E-state index contributed by atoms with van der Waals surface area (Å²) in [6, 6.07) is 3.71. The average Bonchev–Trinajstić information content (AvgIpc) is 3.07. The van der Waals surface area contributed by atoms with Crippen molar-refractivity contribution in [3.05, 3.63) is 42.5 Å². The number of aromatic amines is 1. The molecule has 23 heavy (non-hydrogen) atoms. The SMILES string of the molecule is Cc1nc2c(F)cc(-c3c[nH]c4ncncc34)cc2n1C(C)C. The molecule has 0 aliphatic rings. The molecule has 0 bridgehead atoms. The molecule has 1 aromatic carbocycles. The van der Waals surface area contributed by atoms with Crippen LogP contribution < -0.4 is 0 Å². The van der Waals surface area contributed by atoms with Crippen molar-refractivity contribution in [2.75, 3.05) is 0 Å². The molecule has 1 N–H and O–H groups in total. The Bertz CT molecular complexity index is 1030. The molecule has 0 atom stereocenters. The Kier molecular flexibility index (Phi) is 2.94. The molecular formula is C17H16FN5. The van der Waals surface area contributed by atoms with Crippen LogP contribution in [0.3, 0.4) is 0 Å². The Labute approximate surface area is 132 Å². The summed E-state index contributed by atoms with van der Waals surface area (Å²) < 4.78 is 16.6. The number of fused-ring (bicyclic) bond motifs is 2. The number of nitrogens with one attached hydrogen (secondary N) is 1. The topological polar surface area (TPSA) is 59.4 Å². The minimum Gasteiger partial charge on any atom is -0.345 e. The maximum atomic E-state index is 14.6. The second-order valence-corrected chi connectivity index (χ2v) is 5.94. The van der Waals surface area contributed by atoms with E-state index in [4.69, 9.17) is 0 Å². The molecule has 3 aromatic heterocycles. The van der Waals surface area contributed by atoms with E-state index in [1.165, 1.54) is 12.4 Å². The fraction of sp³-hybridized carbons (Fsp3) is 0.235. The summed E-state index contributed by atoms with van der Waals surface area (Å²) in [5, 5.41) is 0.874. The number of rotatable bonds is 2. The van der Waals surface area contributed by atoms with Crippen LogP contribution in [-0.4, -0.2) is 24.5 Å². The van der Waals surface area contributed by atoms with E-state index < -0.39 is 0 Å². The Hall–Kier alpha value is -2.76. The van der Waals surface area contributed by atoms with Gasteiger partial charge >= 0.3 is 0 Å². The van der Waals surface area contributed by atoms with Crippen molar-refractivity contribution in [2.24, 2.45) is 0 Å². The van der Waals surface area contributed by atoms with Crippen LogP contribution in [0.5, 0.6) is 0 Å². The highest BCUT2D eigenvalue weighted by Crippen LogP contribution is 2.32. The molecule has 0 unspecified atom stereocenters. The standard InChI is InChI=1S/C17H16FN5/c1-9(2)23-10(3)22-16-14(18)4-11(5-15(16)23)12-7-20-17-13(12)6-19-8-21-17/h4-9H,1-3H3,(H,19,20,21). The number of hydrogen-bond donors (Lipinski definition) is 1. The summed E-state index contributed by atoms with van der Waals surface area (Å²) >= 11 is 0. The molecule has 0 aliphatic carbocycles. The van der Waals surface area contributed by atoms with E-state index in [2.05, 4.69) is 33.8 Å². The summed E-state index contributed by atoms with van der Waals surface area (Å²) in [6.07, 6.45) is 5.06. The average molecular weight is 309 g/mol. The lowest BCUT2D eigenvalue weighted by atomic mass is 10.1. The molecule has 4 aromatic rings. The van der Waals surface area contributed by atoms with E-state index in [-0.39, 0.29) is 11.9 Å². The highest BCUT2D eigenvalue weighted by atomic mass is 19.1. The van der Waals surface area contributed by atoms with Crippen molar-refractivity contribution in [2.45, 2.75) is 26.8 Å². The summed E-state index contributed by atoms with van der Waals surface area (Å²) in [5.41, 5.74) is 3.63. The number of H-pyrrole nitrogens is 1. The Morgan fingerprint density at radius 1 is 1.26 bits per heavy atom. The maximum absolute atomic E-state index is 14.6. The van der Waals surface area contributed by atoms with Gasteiger partial charge in [0.2, 0.25) is 0 Å². The number of aryl methyl sites for hydroxylation is 1. The van der Waals surface area contributed by atoms with Crippen LogP contribution in [0.1, 0.15) is 25.7 Å². The Morgan fingerprint density at radius 2 is 2.09 bits per heavy atom. The van der Waals surface area contributed by atoms with Crippen molar-refractivity contribution in [1.29, 1.82) is 0 Å². The number of aromatic nitrogens is 5. The number of nitrogens with zero attached hydrogens (tertiary/aromatic N) is 4. The Morgan fingerprint density at radius 3 is 2.87 bits per heavy atom. The number of halogens is 1. The lowest BCUT2D eigenvalue weighted by Crippen LogP contribution is -2.02. The van der Waals surface area contributed by atoms with Gasteiger partial charge < -0.3 is 9.55 Å². The van der Waals surface area contributed by atoms with Crippen LogP contribution in [-0.2, 0) is 0 Å². The summed E-state index contributed by atoms with van der Waals surface area (Å²) in [6.45, 7) is 6.04. The van der Waals surface area contributed by atoms with E-state index in [1.807, 2.05) is 23.8 Å². The third-order valence-electron chi connectivity index (χ3n) is 4.11. The largest absolute Gasteiger partial charge is 0.345 e. The van der Waals surface area contributed by atoms with Gasteiger partial charge in [-0.1, -0.05) is 0 Å². The highest BCUT2D eigenvalue weighted by molar-refractivity contribution is 5.95. The molecule has 116 valence electrons. The minimum absolute atomic E-state index is 0.209. The van der Waals surface area contributed by atoms with E-state index in [0.717, 1.165) is 33.5 Å². The summed E-state index contributed by atoms with van der Waals surface area (Å²) in [7, 11) is 0. The van der Waals surface area contributed by atoms with Crippen LogP contribution in [0.4, 0.5) is 4.39 Å². The predicted molar refractivity (Wildman–Crippen MR) is 87.7 cm³/mol. The van der Waals surface area contributed by atoms with Crippen LogP contribution in [0.15, 0.2) is 30.9 Å². The van der Waals surface area contributed by atoms with Gasteiger partial charge in [0.25, 0.3) is 0 Å². The molecule has 0 aliphatic heterocycles. The summed E-state index contributed by atoms with van der Waals surface area (Å²) in [5.74, 6) is 0.500. The first-order valence-corrected chi connectivity index (χ1v) is 7.52. The molecule has 3 heterocycles. The molecule has 0 spiro atoms. The first kappa shape index (κ1) is 13.9. The number of hydrogen-bond acceptors (Lipinski definition) is 3. The van der Waals surface area contributed by atoms with Gasteiger partial charge in [-0.3, -0.25) is 0 Å². The van der Waals surface area contributed by atoms with Gasteiger partial charge in [-0.25, -0.2) is 19.3 Å². The molecular weight excluding hydrogens is 293 g/mol. The van der Waals surface area contributed by atoms with Gasteiger partial charge in [0, 0.05) is 29.4 Å². The zero-order valence-electron chi connectivity index (χ0n) is 13.1. The lowest BCUT2D eigenvalue weighted by Gasteiger charge is -2.11. The zero-order chi connectivity index (χ0) is 16.1. The zero-order valence-corrected chi connectivity index (χ0v) is 13.1. The van der Waals surface area contributed by atoms with E-state index in [9.17, 15) is 4.39 Å². The van der Waals surface area contributed by atoms with Crippen molar-refractivity contribution < 1.29 is 4.39 Å². The van der Waals surface area contributed by atoms with Gasteiger partial charge in [0.05, 0.1) is 5.52 Å². The molecule has 0 saturated carbocycles. The van der Waals surface area contributed by atoms with Crippen molar-refractivity contribution in [3.8, 4) is 11.1 Å². The smallest absolute Gasteiger partial charge is 0.151 e. The number of imidazole rings is 1. The number of benzene rings is 1. The van der Waals surface area contributed by atoms with Crippen LogP contribution in [0.25, 0.3) is 33.2 Å². The first-order chi connectivity index (χ1) is 11.1. The van der Waals surface area contributed by atoms with Crippen LogP contribution >= 0.6 is 0 Å². The van der Waals surface area contributed by atoms with E-state index in [1.54, 1.807) is 6.20 Å². The van der Waals surface area contributed by atoms with Gasteiger partial charge in [-0.05, 0) is 38.5 Å². The molecule has 4 rings (SSSR count).